The lowest BCUT2D eigenvalue weighted by Crippen LogP contribution is -2.58. The summed E-state index contributed by atoms with van der Waals surface area (Å²) < 4.78 is 6.00. The van der Waals surface area contributed by atoms with Crippen molar-refractivity contribution in [1.82, 2.24) is 15.8 Å². The van der Waals surface area contributed by atoms with E-state index < -0.39 is 30.0 Å². The molecule has 9 heteroatoms. The third kappa shape index (κ3) is 6.84. The summed E-state index contributed by atoms with van der Waals surface area (Å²) >= 11 is 12.3. The zero-order chi connectivity index (χ0) is 25.5. The first-order chi connectivity index (χ1) is 16.8. The molecular weight excluding hydrogens is 489 g/mol. The van der Waals surface area contributed by atoms with Crippen molar-refractivity contribution in [2.24, 2.45) is 5.92 Å². The molecule has 2 aromatic carbocycles. The van der Waals surface area contributed by atoms with E-state index in [-0.39, 0.29) is 18.4 Å². The molecule has 0 aromatic heterocycles. The number of morpholine rings is 1. The maximum atomic E-state index is 13.2. The molecule has 4 rings (SSSR count). The second-order valence-electron chi connectivity index (χ2n) is 8.44. The van der Waals surface area contributed by atoms with Crippen LogP contribution in [0.1, 0.15) is 50.0 Å². The molecule has 1 saturated heterocycles. The summed E-state index contributed by atoms with van der Waals surface area (Å²) in [7, 11) is 0. The summed E-state index contributed by atoms with van der Waals surface area (Å²) in [6, 6.07) is 13.1. The third-order valence-electron chi connectivity index (χ3n) is 5.65. The topological polar surface area (TPSA) is 87.7 Å². The molecular formula is C26H29Cl2N3O4. The highest BCUT2D eigenvalue weighted by atomic mass is 35.5. The summed E-state index contributed by atoms with van der Waals surface area (Å²) in [5, 5.41) is 1.11. The van der Waals surface area contributed by atoms with Crippen LogP contribution in [0.25, 0.3) is 0 Å². The minimum Gasteiger partial charge on any atom is -0.361 e. The lowest BCUT2D eigenvalue weighted by molar-refractivity contribution is -0.168. The Morgan fingerprint density at radius 2 is 1.74 bits per heavy atom. The van der Waals surface area contributed by atoms with Gasteiger partial charge < -0.3 is 9.64 Å². The van der Waals surface area contributed by atoms with E-state index in [0.717, 1.165) is 24.0 Å². The van der Waals surface area contributed by atoms with Gasteiger partial charge in [-0.25, -0.2) is 0 Å². The minimum absolute atomic E-state index is 0.000574. The average molecular weight is 518 g/mol. The van der Waals surface area contributed by atoms with Crippen molar-refractivity contribution in [1.29, 1.82) is 0 Å². The van der Waals surface area contributed by atoms with E-state index in [1.165, 1.54) is 6.92 Å². The molecule has 1 heterocycles. The summed E-state index contributed by atoms with van der Waals surface area (Å²) in [4.78, 5) is 39.2. The van der Waals surface area contributed by atoms with Gasteiger partial charge in [0.25, 0.3) is 5.91 Å². The van der Waals surface area contributed by atoms with Gasteiger partial charge in [0, 0.05) is 17.0 Å². The molecule has 2 aliphatic rings. The Bertz CT molecular complexity index is 1070. The quantitative estimate of drug-likeness (QED) is 0.441. The largest absolute Gasteiger partial charge is 0.361 e. The number of ether oxygens (including phenoxy) is 1. The second kappa shape index (κ2) is 12.2. The van der Waals surface area contributed by atoms with E-state index in [0.29, 0.717) is 10.0 Å². The Kier molecular flexibility index (Phi) is 9.32. The molecule has 1 aliphatic heterocycles. The highest BCUT2D eigenvalue weighted by Gasteiger charge is 2.49. The van der Waals surface area contributed by atoms with Gasteiger partial charge in [-0.15, -0.1) is 6.58 Å². The zero-order valence-electron chi connectivity index (χ0n) is 19.7. The van der Waals surface area contributed by atoms with Gasteiger partial charge in [-0.05, 0) is 61.1 Å². The Morgan fingerprint density at radius 1 is 1.09 bits per heavy atom. The number of hydrazine groups is 1. The molecule has 0 bridgehead atoms. The van der Waals surface area contributed by atoms with Crippen molar-refractivity contribution in [2.75, 3.05) is 6.61 Å². The molecule has 0 radical (unpaired) electrons. The van der Waals surface area contributed by atoms with Gasteiger partial charge in [-0.1, -0.05) is 53.5 Å². The molecule has 2 aromatic rings. The number of carbonyl (C=O) groups excluding carboxylic acids is 3. The van der Waals surface area contributed by atoms with E-state index in [4.69, 9.17) is 27.9 Å². The van der Waals surface area contributed by atoms with Crippen molar-refractivity contribution in [2.45, 2.75) is 44.9 Å². The molecule has 3 atom stereocenters. The predicted molar refractivity (Wildman–Crippen MR) is 136 cm³/mol. The van der Waals surface area contributed by atoms with Crippen LogP contribution in [-0.2, 0) is 19.1 Å². The van der Waals surface area contributed by atoms with E-state index in [1.54, 1.807) is 35.2 Å². The van der Waals surface area contributed by atoms with Crippen molar-refractivity contribution in [3.05, 3.63) is 82.4 Å². The molecule has 1 aliphatic carbocycles. The zero-order valence-corrected chi connectivity index (χ0v) is 21.2. The van der Waals surface area contributed by atoms with E-state index in [2.05, 4.69) is 17.4 Å². The predicted octanol–water partition coefficient (Wildman–Crippen LogP) is 4.77. The number of hydrogen-bond donors (Lipinski definition) is 2. The van der Waals surface area contributed by atoms with Gasteiger partial charge in [0.05, 0.1) is 6.04 Å². The molecule has 1 saturated carbocycles. The van der Waals surface area contributed by atoms with Crippen LogP contribution in [0.3, 0.4) is 0 Å². The van der Waals surface area contributed by atoms with Crippen LogP contribution in [0.5, 0.6) is 0 Å². The van der Waals surface area contributed by atoms with Crippen LogP contribution in [-0.4, -0.2) is 35.3 Å². The lowest BCUT2D eigenvalue weighted by Gasteiger charge is -2.45. The first-order valence-electron chi connectivity index (χ1n) is 11.3. The number of nitrogens with one attached hydrogen (secondary N) is 2. The Balaban J connectivity index is 0.00000108. The van der Waals surface area contributed by atoms with E-state index >= 15 is 0 Å². The van der Waals surface area contributed by atoms with Gasteiger partial charge >= 0.3 is 0 Å². The average Bonchev–Trinajstić information content (AvgIpc) is 3.65. The van der Waals surface area contributed by atoms with Crippen LogP contribution in [0, 0.1) is 5.92 Å². The molecule has 186 valence electrons. The summed E-state index contributed by atoms with van der Waals surface area (Å²) in [6.07, 6.45) is 2.85. The lowest BCUT2D eigenvalue weighted by atomic mass is 9.90. The molecule has 3 amide bonds. The summed E-state index contributed by atoms with van der Waals surface area (Å²) in [6.45, 7) is 6.38. The fraction of sp³-hybridized carbons (Fsp3) is 0.346. The summed E-state index contributed by atoms with van der Waals surface area (Å²) in [5.41, 5.74) is 6.36. The maximum absolute atomic E-state index is 13.2. The highest BCUT2D eigenvalue weighted by Crippen LogP contribution is 2.46. The first kappa shape index (κ1) is 26.7. The van der Waals surface area contributed by atoms with Crippen molar-refractivity contribution < 1.29 is 19.1 Å². The van der Waals surface area contributed by atoms with Gasteiger partial charge in [-0.2, -0.15) is 0 Å². The van der Waals surface area contributed by atoms with E-state index in [1.807, 2.05) is 31.2 Å². The van der Waals surface area contributed by atoms with Gasteiger partial charge in [0.2, 0.25) is 11.8 Å². The smallest absolute Gasteiger partial charge is 0.261 e. The number of hydrogen-bond acceptors (Lipinski definition) is 4. The maximum Gasteiger partial charge on any atom is 0.261 e. The number of carbonyl (C=O) groups is 3. The van der Waals surface area contributed by atoms with Crippen LogP contribution in [0.15, 0.2) is 61.2 Å². The van der Waals surface area contributed by atoms with Gasteiger partial charge in [0.15, 0.2) is 0 Å². The monoisotopic (exact) mass is 517 g/mol. The van der Waals surface area contributed by atoms with Crippen LogP contribution in [0.4, 0.5) is 0 Å². The number of allylic oxidation sites excluding steroid dienone is 1. The molecule has 0 spiro atoms. The minimum atomic E-state index is -0.749. The van der Waals surface area contributed by atoms with Gasteiger partial charge in [0.1, 0.15) is 18.8 Å². The number of nitrogens with zero attached hydrogens (tertiary/aromatic N) is 1. The second-order valence-corrected chi connectivity index (χ2v) is 9.32. The van der Waals surface area contributed by atoms with Crippen LogP contribution < -0.4 is 10.9 Å². The van der Waals surface area contributed by atoms with Crippen molar-refractivity contribution in [3.8, 4) is 0 Å². The fourth-order valence-corrected chi connectivity index (χ4v) is 4.44. The normalized spacial score (nSPS) is 20.2. The number of benzene rings is 2. The van der Waals surface area contributed by atoms with Crippen LogP contribution in [0.2, 0.25) is 10.0 Å². The molecule has 3 unspecified atom stereocenters. The Hall–Kier alpha value is -2.87. The van der Waals surface area contributed by atoms with Gasteiger partial charge in [-0.3, -0.25) is 25.2 Å². The van der Waals surface area contributed by atoms with E-state index in [9.17, 15) is 14.4 Å². The number of rotatable bonds is 5. The third-order valence-corrected chi connectivity index (χ3v) is 6.14. The van der Waals surface area contributed by atoms with Crippen molar-refractivity contribution in [3.63, 3.8) is 0 Å². The highest BCUT2D eigenvalue weighted by molar-refractivity contribution is 6.30. The molecule has 2 N–H and O–H groups in total. The number of halogens is 2. The van der Waals surface area contributed by atoms with Crippen LogP contribution >= 0.6 is 23.2 Å². The standard InChI is InChI=1S/C23H23Cl2N3O4.C3H6/c1-13(29)26-27-23(31)21(15-5-6-15)28-19(30)12-32-22(16-3-2-4-18(25)11-16)20(28)14-7-9-17(24)10-8-14;1-3-2/h2-4,7-11,15,20-22H,5-6,12H2,1H3,(H,26,29)(H,27,31);3H,1H2,2H3. The number of amides is 3. The Morgan fingerprint density at radius 3 is 2.31 bits per heavy atom. The molecule has 2 fully saturated rings. The summed E-state index contributed by atoms with van der Waals surface area (Å²) in [5.74, 6) is -1.12. The first-order valence-corrected chi connectivity index (χ1v) is 12.1. The molecule has 35 heavy (non-hydrogen) atoms. The molecule has 7 nitrogen and oxygen atoms in total. The SMILES string of the molecule is C=CC.CC(=O)NNC(=O)C(C1CC1)N1C(=O)COC(c2cccc(Cl)c2)C1c1ccc(Cl)cc1. The Labute approximate surface area is 215 Å². The fourth-order valence-electron chi connectivity index (χ4n) is 4.12. The van der Waals surface area contributed by atoms with Crippen molar-refractivity contribution >= 4 is 40.9 Å².